The van der Waals surface area contributed by atoms with Crippen LogP contribution in [0.1, 0.15) is 41.9 Å². The van der Waals surface area contributed by atoms with Gasteiger partial charge in [0.1, 0.15) is 0 Å². The normalized spacial score (nSPS) is 13.4. The van der Waals surface area contributed by atoms with Gasteiger partial charge in [0.2, 0.25) is 0 Å². The largest absolute Gasteiger partial charge is 0.310 e. The summed E-state index contributed by atoms with van der Waals surface area (Å²) in [5, 5.41) is 5.17. The third kappa shape index (κ3) is 6.08. The molecule has 0 radical (unpaired) electrons. The minimum absolute atomic E-state index is 0.336. The summed E-state index contributed by atoms with van der Waals surface area (Å²) in [7, 11) is 0. The quantitative estimate of drug-likeness (QED) is 0.156. The molecule has 0 aromatic heterocycles. The Labute approximate surface area is 284 Å². The van der Waals surface area contributed by atoms with Crippen molar-refractivity contribution in [2.24, 2.45) is 0 Å². The Balaban J connectivity index is 1.04. The van der Waals surface area contributed by atoms with E-state index in [1.165, 1.54) is 66.4 Å². The second-order valence-corrected chi connectivity index (χ2v) is 12.8. The molecule has 0 heterocycles. The number of anilines is 2. The van der Waals surface area contributed by atoms with Crippen molar-refractivity contribution < 1.29 is 0 Å². The molecule has 0 aliphatic heterocycles. The highest BCUT2D eigenvalue weighted by Gasteiger charge is 2.18. The van der Waals surface area contributed by atoms with Gasteiger partial charge in [0.25, 0.3) is 0 Å². The van der Waals surface area contributed by atoms with Crippen LogP contribution in [0.4, 0.5) is 11.4 Å². The lowest BCUT2D eigenvalue weighted by molar-refractivity contribution is 0.720. The minimum atomic E-state index is 0.336. The molecule has 7 aromatic rings. The van der Waals surface area contributed by atoms with Gasteiger partial charge >= 0.3 is 0 Å². The highest BCUT2D eigenvalue weighted by Crippen LogP contribution is 2.38. The molecule has 0 fully saturated rings. The lowest BCUT2D eigenvalue weighted by Gasteiger charge is -2.29. The molecular formula is C47H39N. The van der Waals surface area contributed by atoms with Gasteiger partial charge in [0, 0.05) is 22.7 Å². The number of aryl methyl sites for hydroxylation is 1. The Hall–Kier alpha value is -5.66. The third-order valence-electron chi connectivity index (χ3n) is 9.78. The summed E-state index contributed by atoms with van der Waals surface area (Å²) in [6.45, 7) is 0. The summed E-state index contributed by atoms with van der Waals surface area (Å²) in [5.41, 5.74) is 10.2. The van der Waals surface area contributed by atoms with E-state index < -0.39 is 0 Å². The predicted octanol–water partition coefficient (Wildman–Crippen LogP) is 12.8. The maximum atomic E-state index is 2.41. The highest BCUT2D eigenvalue weighted by atomic mass is 15.1. The van der Waals surface area contributed by atoms with E-state index >= 15 is 0 Å². The van der Waals surface area contributed by atoms with Crippen molar-refractivity contribution in [3.63, 3.8) is 0 Å². The molecule has 0 bridgehead atoms. The number of hydrogen-bond acceptors (Lipinski definition) is 1. The molecule has 0 saturated heterocycles. The van der Waals surface area contributed by atoms with Gasteiger partial charge in [-0.05, 0) is 93.9 Å². The predicted molar refractivity (Wildman–Crippen MR) is 205 cm³/mol. The molecule has 0 N–H and O–H groups in total. The molecule has 1 heteroatoms. The second-order valence-electron chi connectivity index (χ2n) is 12.8. The highest BCUT2D eigenvalue weighted by molar-refractivity contribution is 5.97. The van der Waals surface area contributed by atoms with Crippen LogP contribution in [0.25, 0.3) is 32.7 Å². The van der Waals surface area contributed by atoms with E-state index in [4.69, 9.17) is 0 Å². The summed E-state index contributed by atoms with van der Waals surface area (Å²) < 4.78 is 0. The van der Waals surface area contributed by atoms with Gasteiger partial charge in [-0.15, -0.1) is 0 Å². The molecule has 0 spiro atoms. The Bertz CT molecular complexity index is 2210. The maximum absolute atomic E-state index is 2.41. The number of benzene rings is 7. The summed E-state index contributed by atoms with van der Waals surface area (Å²) in [5.74, 6) is 0.336. The van der Waals surface area contributed by atoms with E-state index in [0.717, 1.165) is 25.7 Å². The van der Waals surface area contributed by atoms with Gasteiger partial charge in [-0.1, -0.05) is 158 Å². The average molecular weight is 618 g/mol. The van der Waals surface area contributed by atoms with E-state index in [0.29, 0.717) is 5.92 Å². The van der Waals surface area contributed by atoms with Gasteiger partial charge in [0.15, 0.2) is 0 Å². The molecule has 1 nitrogen and oxygen atoms in total. The minimum Gasteiger partial charge on any atom is -0.310 e. The van der Waals surface area contributed by atoms with Crippen molar-refractivity contribution in [1.82, 2.24) is 0 Å². The lowest BCUT2D eigenvalue weighted by Crippen LogP contribution is -2.16. The van der Waals surface area contributed by atoms with Crippen LogP contribution < -0.4 is 4.90 Å². The third-order valence-corrected chi connectivity index (χ3v) is 9.78. The molecule has 8 rings (SSSR count). The summed E-state index contributed by atoms with van der Waals surface area (Å²) in [6.07, 6.45) is 11.1. The molecule has 1 aliphatic carbocycles. The number of rotatable bonds is 9. The van der Waals surface area contributed by atoms with Crippen molar-refractivity contribution in [2.45, 2.75) is 31.6 Å². The molecule has 0 amide bonds. The van der Waals surface area contributed by atoms with Crippen LogP contribution in [-0.2, 0) is 6.42 Å². The smallest absolute Gasteiger partial charge is 0.0539 e. The van der Waals surface area contributed by atoms with Crippen LogP contribution in [0.3, 0.4) is 0 Å². The fourth-order valence-electron chi connectivity index (χ4n) is 7.32. The van der Waals surface area contributed by atoms with Crippen molar-refractivity contribution in [3.8, 4) is 11.1 Å². The van der Waals surface area contributed by atoms with E-state index in [2.05, 4.69) is 187 Å². The average Bonchev–Trinajstić information content (AvgIpc) is 3.17. The van der Waals surface area contributed by atoms with Crippen LogP contribution in [0.2, 0.25) is 0 Å². The topological polar surface area (TPSA) is 3.24 Å². The standard InChI is InChI=1S/C47H39N/c1-3-13-38(14-4-1)44(46-23-11-17-39-15-7-9-21-43(39)46)34-27-35-25-28-36(29-26-35)37-30-32-42(33-31-37)48(41-19-5-2-6-20-41)47-24-12-18-40-16-8-10-22-45(40)47/h1,3-5,7-26,28-33,44H,2,6,27,34H2. The van der Waals surface area contributed by atoms with Crippen molar-refractivity contribution in [1.29, 1.82) is 0 Å². The zero-order valence-electron chi connectivity index (χ0n) is 27.2. The van der Waals surface area contributed by atoms with Gasteiger partial charge in [-0.2, -0.15) is 0 Å². The molecule has 1 aliphatic rings. The monoisotopic (exact) mass is 617 g/mol. The molecule has 1 atom stereocenters. The Kier molecular flexibility index (Phi) is 8.42. The van der Waals surface area contributed by atoms with E-state index in [9.17, 15) is 0 Å². The Morgan fingerprint density at radius 2 is 1.15 bits per heavy atom. The Morgan fingerprint density at radius 1 is 0.521 bits per heavy atom. The van der Waals surface area contributed by atoms with E-state index in [1.807, 2.05) is 0 Å². The molecule has 7 aromatic carbocycles. The molecule has 48 heavy (non-hydrogen) atoms. The van der Waals surface area contributed by atoms with Crippen molar-refractivity contribution in [3.05, 3.63) is 204 Å². The van der Waals surface area contributed by atoms with Gasteiger partial charge in [-0.3, -0.25) is 0 Å². The maximum Gasteiger partial charge on any atom is 0.0539 e. The van der Waals surface area contributed by atoms with Crippen LogP contribution >= 0.6 is 0 Å². The van der Waals surface area contributed by atoms with Gasteiger partial charge in [-0.25, -0.2) is 0 Å². The van der Waals surface area contributed by atoms with Gasteiger partial charge in [0.05, 0.1) is 5.69 Å². The molecule has 232 valence electrons. The first-order valence-electron chi connectivity index (χ1n) is 17.2. The summed E-state index contributed by atoms with van der Waals surface area (Å²) in [4.78, 5) is 2.41. The van der Waals surface area contributed by atoms with Crippen LogP contribution in [0.15, 0.2) is 188 Å². The first-order valence-corrected chi connectivity index (χ1v) is 17.2. The second kappa shape index (κ2) is 13.6. The molecule has 0 saturated carbocycles. The lowest BCUT2D eigenvalue weighted by atomic mass is 9.84. The molecular weight excluding hydrogens is 579 g/mol. The first-order chi connectivity index (χ1) is 23.8. The van der Waals surface area contributed by atoms with Crippen molar-refractivity contribution >= 4 is 32.9 Å². The SMILES string of the molecule is C1=CC(N(c2ccc(-c3ccc(CCC(c4ccccc4)c4cccc5ccccc45)cc3)cc2)c2cccc3ccccc23)=CCC1. The fraction of sp³-hybridized carbons (Fsp3) is 0.106. The number of nitrogens with zero attached hydrogens (tertiary/aromatic N) is 1. The molecule has 1 unspecified atom stereocenters. The van der Waals surface area contributed by atoms with E-state index in [-0.39, 0.29) is 0 Å². The first kappa shape index (κ1) is 29.7. The zero-order valence-corrected chi connectivity index (χ0v) is 27.2. The summed E-state index contributed by atoms with van der Waals surface area (Å²) in [6, 6.07) is 60.0. The van der Waals surface area contributed by atoms with Crippen LogP contribution in [0.5, 0.6) is 0 Å². The summed E-state index contributed by atoms with van der Waals surface area (Å²) >= 11 is 0. The van der Waals surface area contributed by atoms with Crippen LogP contribution in [0, 0.1) is 0 Å². The number of allylic oxidation sites excluding steroid dienone is 3. The van der Waals surface area contributed by atoms with E-state index in [1.54, 1.807) is 0 Å². The number of fused-ring (bicyclic) bond motifs is 2. The zero-order chi connectivity index (χ0) is 32.1. The Morgan fingerprint density at radius 3 is 1.88 bits per heavy atom. The fourth-order valence-corrected chi connectivity index (χ4v) is 7.32. The van der Waals surface area contributed by atoms with Crippen LogP contribution in [-0.4, -0.2) is 0 Å². The van der Waals surface area contributed by atoms with Gasteiger partial charge < -0.3 is 4.90 Å². The van der Waals surface area contributed by atoms with Crippen molar-refractivity contribution in [2.75, 3.05) is 4.90 Å². The number of hydrogen-bond donors (Lipinski definition) is 0.